The summed E-state index contributed by atoms with van der Waals surface area (Å²) >= 11 is 3.15. The van der Waals surface area contributed by atoms with Crippen LogP contribution in [0.4, 0.5) is 8.78 Å². The average molecular weight is 306 g/mol. The molecule has 1 atom stereocenters. The van der Waals surface area contributed by atoms with Gasteiger partial charge in [0.1, 0.15) is 11.5 Å². The highest BCUT2D eigenvalue weighted by Gasteiger charge is 2.17. The van der Waals surface area contributed by atoms with Gasteiger partial charge in [0.15, 0.2) is 0 Å². The van der Waals surface area contributed by atoms with Gasteiger partial charge in [-0.25, -0.2) is 8.78 Å². The first kappa shape index (κ1) is 14.6. The van der Waals surface area contributed by atoms with Crippen molar-refractivity contribution in [3.8, 4) is 0 Å². The monoisotopic (exact) mass is 305 g/mol. The van der Waals surface area contributed by atoms with E-state index in [0.29, 0.717) is 16.5 Å². The summed E-state index contributed by atoms with van der Waals surface area (Å²) in [7, 11) is 0. The Morgan fingerprint density at radius 3 is 2.65 bits per heavy atom. The minimum absolute atomic E-state index is 0.0359. The van der Waals surface area contributed by atoms with Gasteiger partial charge in [-0.1, -0.05) is 12.1 Å². The zero-order chi connectivity index (χ0) is 13.1. The van der Waals surface area contributed by atoms with Crippen molar-refractivity contribution in [3.05, 3.63) is 34.1 Å². The first-order valence-electron chi connectivity index (χ1n) is 5.65. The van der Waals surface area contributed by atoms with E-state index in [4.69, 9.17) is 0 Å². The van der Waals surface area contributed by atoms with Crippen LogP contribution in [0.3, 0.4) is 0 Å². The lowest BCUT2D eigenvalue weighted by Crippen LogP contribution is -2.37. The normalized spacial score (nSPS) is 13.8. The van der Waals surface area contributed by atoms with Crippen LogP contribution in [-0.2, 0) is 6.42 Å². The Morgan fingerprint density at radius 2 is 2.06 bits per heavy atom. The lowest BCUT2D eigenvalue weighted by molar-refractivity contribution is 0.204. The summed E-state index contributed by atoms with van der Waals surface area (Å²) in [5.74, 6) is -0.236. The van der Waals surface area contributed by atoms with Crippen LogP contribution in [0.15, 0.2) is 22.7 Å². The number of benzene rings is 1. The van der Waals surface area contributed by atoms with Crippen molar-refractivity contribution in [3.63, 3.8) is 0 Å². The summed E-state index contributed by atoms with van der Waals surface area (Å²) in [6, 6.07) is 5.25. The number of hydrogen-bond acceptors (Lipinski definition) is 1. The maximum absolute atomic E-state index is 13.7. The van der Waals surface area contributed by atoms with Crippen molar-refractivity contribution in [2.45, 2.75) is 38.9 Å². The van der Waals surface area contributed by atoms with Crippen molar-refractivity contribution in [2.75, 3.05) is 6.54 Å². The fourth-order valence-corrected chi connectivity index (χ4v) is 1.93. The number of hydrogen-bond donors (Lipinski definition) is 1. The van der Waals surface area contributed by atoms with E-state index in [2.05, 4.69) is 21.2 Å². The highest BCUT2D eigenvalue weighted by atomic mass is 79.9. The lowest BCUT2D eigenvalue weighted by Gasteiger charge is -2.20. The SMILES string of the molecule is C[C@H](Cc1cccc(Br)c1F)NCC(C)(C)F. The van der Waals surface area contributed by atoms with E-state index in [-0.39, 0.29) is 18.4 Å². The van der Waals surface area contributed by atoms with Crippen molar-refractivity contribution >= 4 is 15.9 Å². The van der Waals surface area contributed by atoms with E-state index in [1.807, 2.05) is 6.92 Å². The van der Waals surface area contributed by atoms with E-state index in [1.165, 1.54) is 13.8 Å². The van der Waals surface area contributed by atoms with Crippen LogP contribution in [0.2, 0.25) is 0 Å². The van der Waals surface area contributed by atoms with Gasteiger partial charge in [0.25, 0.3) is 0 Å². The van der Waals surface area contributed by atoms with Crippen molar-refractivity contribution in [2.24, 2.45) is 0 Å². The van der Waals surface area contributed by atoms with E-state index in [9.17, 15) is 8.78 Å². The van der Waals surface area contributed by atoms with Gasteiger partial charge < -0.3 is 5.32 Å². The Labute approximate surface area is 110 Å². The first-order valence-corrected chi connectivity index (χ1v) is 6.44. The molecule has 96 valence electrons. The van der Waals surface area contributed by atoms with Crippen molar-refractivity contribution < 1.29 is 8.78 Å². The van der Waals surface area contributed by atoms with Gasteiger partial charge in [-0.05, 0) is 54.8 Å². The third kappa shape index (κ3) is 5.13. The molecular formula is C13H18BrF2N. The predicted octanol–water partition coefficient (Wildman–Crippen LogP) is 3.86. The van der Waals surface area contributed by atoms with Crippen LogP contribution in [-0.4, -0.2) is 18.3 Å². The second-order valence-electron chi connectivity index (χ2n) is 4.92. The van der Waals surface area contributed by atoms with E-state index in [0.717, 1.165) is 0 Å². The summed E-state index contributed by atoms with van der Waals surface area (Å²) in [6.07, 6.45) is 0.543. The van der Waals surface area contributed by atoms with Gasteiger partial charge >= 0.3 is 0 Å². The average Bonchev–Trinajstić information content (AvgIpc) is 2.21. The molecule has 1 N–H and O–H groups in total. The van der Waals surface area contributed by atoms with Crippen LogP contribution in [0.25, 0.3) is 0 Å². The molecule has 1 rings (SSSR count). The summed E-state index contributed by atoms with van der Waals surface area (Å²) in [5, 5.41) is 3.06. The Bertz CT molecular complexity index is 374. The second-order valence-corrected chi connectivity index (χ2v) is 5.77. The number of rotatable bonds is 5. The van der Waals surface area contributed by atoms with E-state index >= 15 is 0 Å². The van der Waals surface area contributed by atoms with Crippen LogP contribution in [0.1, 0.15) is 26.3 Å². The number of alkyl halides is 1. The zero-order valence-electron chi connectivity index (χ0n) is 10.4. The fraction of sp³-hybridized carbons (Fsp3) is 0.538. The highest BCUT2D eigenvalue weighted by Crippen LogP contribution is 2.19. The summed E-state index contributed by atoms with van der Waals surface area (Å²) < 4.78 is 27.4. The van der Waals surface area contributed by atoms with Crippen LogP contribution < -0.4 is 5.32 Å². The van der Waals surface area contributed by atoms with Crippen molar-refractivity contribution in [1.29, 1.82) is 0 Å². The lowest BCUT2D eigenvalue weighted by atomic mass is 10.1. The molecule has 0 amide bonds. The first-order chi connectivity index (χ1) is 7.79. The standard InChI is InChI=1S/C13H18BrF2N/c1-9(17-8-13(2,3)16)7-10-5-4-6-11(14)12(10)15/h4-6,9,17H,7-8H2,1-3H3/t9-/m1/s1. The molecule has 1 nitrogen and oxygen atoms in total. The molecule has 0 aliphatic carbocycles. The quantitative estimate of drug-likeness (QED) is 0.871. The molecule has 4 heteroatoms. The predicted molar refractivity (Wildman–Crippen MR) is 70.5 cm³/mol. The number of halogens is 3. The van der Waals surface area contributed by atoms with Crippen LogP contribution in [0.5, 0.6) is 0 Å². The zero-order valence-corrected chi connectivity index (χ0v) is 11.9. The van der Waals surface area contributed by atoms with Crippen LogP contribution >= 0.6 is 15.9 Å². The third-order valence-corrected chi connectivity index (χ3v) is 3.04. The minimum atomic E-state index is -1.25. The molecule has 0 aliphatic rings. The molecule has 0 radical (unpaired) electrons. The smallest absolute Gasteiger partial charge is 0.140 e. The molecule has 0 unspecified atom stereocenters. The second kappa shape index (κ2) is 5.91. The van der Waals surface area contributed by atoms with Crippen LogP contribution in [0, 0.1) is 5.82 Å². The molecule has 0 spiro atoms. The Hall–Kier alpha value is -0.480. The minimum Gasteiger partial charge on any atom is -0.311 e. The molecule has 0 bridgehead atoms. The van der Waals surface area contributed by atoms with Gasteiger partial charge in [0.2, 0.25) is 0 Å². The molecule has 0 heterocycles. The topological polar surface area (TPSA) is 12.0 Å². The van der Waals surface area contributed by atoms with E-state index < -0.39 is 5.67 Å². The van der Waals surface area contributed by atoms with Gasteiger partial charge in [-0.2, -0.15) is 0 Å². The van der Waals surface area contributed by atoms with Crippen molar-refractivity contribution in [1.82, 2.24) is 5.32 Å². The van der Waals surface area contributed by atoms with Gasteiger partial charge in [-0.3, -0.25) is 0 Å². The molecule has 0 fully saturated rings. The Morgan fingerprint density at radius 1 is 1.41 bits per heavy atom. The van der Waals surface area contributed by atoms with Gasteiger partial charge in [0.05, 0.1) is 4.47 Å². The summed E-state index contributed by atoms with van der Waals surface area (Å²) in [4.78, 5) is 0. The summed E-state index contributed by atoms with van der Waals surface area (Å²) in [5.41, 5.74) is -0.611. The molecular weight excluding hydrogens is 288 g/mol. The molecule has 1 aromatic rings. The molecule has 1 aromatic carbocycles. The molecule has 17 heavy (non-hydrogen) atoms. The van der Waals surface area contributed by atoms with Gasteiger partial charge in [0, 0.05) is 12.6 Å². The maximum atomic E-state index is 13.7. The van der Waals surface area contributed by atoms with Gasteiger partial charge in [-0.15, -0.1) is 0 Å². The molecule has 0 saturated carbocycles. The summed E-state index contributed by atoms with van der Waals surface area (Å²) in [6.45, 7) is 5.23. The molecule has 0 saturated heterocycles. The van der Waals surface area contributed by atoms with E-state index in [1.54, 1.807) is 18.2 Å². The Balaban J connectivity index is 2.56. The molecule has 0 aliphatic heterocycles. The maximum Gasteiger partial charge on any atom is 0.140 e. The highest BCUT2D eigenvalue weighted by molar-refractivity contribution is 9.10. The fourth-order valence-electron chi connectivity index (χ4n) is 1.53. The third-order valence-electron chi connectivity index (χ3n) is 2.43. The largest absolute Gasteiger partial charge is 0.311 e. The Kier molecular flexibility index (Phi) is 5.07. The number of nitrogens with one attached hydrogen (secondary N) is 1. The molecule has 0 aromatic heterocycles.